The molecule has 28 heavy (non-hydrogen) atoms. The van der Waals surface area contributed by atoms with E-state index in [1.807, 2.05) is 49.4 Å². The van der Waals surface area contributed by atoms with E-state index in [0.717, 1.165) is 16.2 Å². The number of aromatic amines is 1. The van der Waals surface area contributed by atoms with E-state index in [0.29, 0.717) is 36.4 Å². The summed E-state index contributed by atoms with van der Waals surface area (Å²) in [5, 5.41) is 3.51. The lowest BCUT2D eigenvalue weighted by molar-refractivity contribution is -0.906. The SMILES string of the molecule is COCC[NH+](CC(=O)Nc1ccccc1C)Cc1nc2ccccc2c(=O)[nH]1. The second-order valence-corrected chi connectivity index (χ2v) is 6.74. The van der Waals surface area contributed by atoms with Gasteiger partial charge in [-0.15, -0.1) is 0 Å². The number of hydrogen-bond donors (Lipinski definition) is 3. The number of aryl methyl sites for hydroxylation is 1. The molecule has 1 atom stereocenters. The van der Waals surface area contributed by atoms with Crippen molar-refractivity contribution in [3.8, 4) is 0 Å². The number of amides is 1. The first-order valence-corrected chi connectivity index (χ1v) is 9.22. The Morgan fingerprint density at radius 2 is 1.93 bits per heavy atom. The van der Waals surface area contributed by atoms with Crippen molar-refractivity contribution in [1.29, 1.82) is 0 Å². The number of aromatic nitrogens is 2. The molecule has 146 valence electrons. The molecule has 0 spiro atoms. The number of hydrogen-bond acceptors (Lipinski definition) is 4. The predicted octanol–water partition coefficient (Wildman–Crippen LogP) is 0.902. The maximum atomic E-state index is 12.5. The molecule has 3 aromatic rings. The zero-order chi connectivity index (χ0) is 19.9. The Balaban J connectivity index is 1.74. The summed E-state index contributed by atoms with van der Waals surface area (Å²) in [6.07, 6.45) is 0. The van der Waals surface area contributed by atoms with Crippen LogP contribution in [0.25, 0.3) is 10.9 Å². The highest BCUT2D eigenvalue weighted by Crippen LogP contribution is 2.12. The molecule has 0 radical (unpaired) electrons. The van der Waals surface area contributed by atoms with E-state index in [2.05, 4.69) is 15.3 Å². The van der Waals surface area contributed by atoms with Crippen LogP contribution in [0.5, 0.6) is 0 Å². The van der Waals surface area contributed by atoms with E-state index in [1.165, 1.54) is 0 Å². The highest BCUT2D eigenvalue weighted by molar-refractivity contribution is 5.92. The van der Waals surface area contributed by atoms with Gasteiger partial charge in [0.25, 0.3) is 11.5 Å². The van der Waals surface area contributed by atoms with Crippen molar-refractivity contribution in [2.75, 3.05) is 32.1 Å². The highest BCUT2D eigenvalue weighted by Gasteiger charge is 2.17. The van der Waals surface area contributed by atoms with Crippen LogP contribution in [0.3, 0.4) is 0 Å². The summed E-state index contributed by atoms with van der Waals surface area (Å²) < 4.78 is 5.18. The third kappa shape index (κ3) is 5.03. The van der Waals surface area contributed by atoms with E-state index in [4.69, 9.17) is 4.74 Å². The Morgan fingerprint density at radius 1 is 1.18 bits per heavy atom. The van der Waals surface area contributed by atoms with Crippen LogP contribution < -0.4 is 15.8 Å². The van der Waals surface area contributed by atoms with Crippen LogP contribution in [0, 0.1) is 6.92 Å². The van der Waals surface area contributed by atoms with Gasteiger partial charge in [-0.2, -0.15) is 0 Å². The molecule has 0 fully saturated rings. The summed E-state index contributed by atoms with van der Waals surface area (Å²) in [5.74, 6) is 0.460. The van der Waals surface area contributed by atoms with Gasteiger partial charge in [0, 0.05) is 12.8 Å². The summed E-state index contributed by atoms with van der Waals surface area (Å²) >= 11 is 0. The van der Waals surface area contributed by atoms with Gasteiger partial charge in [-0.3, -0.25) is 9.59 Å². The highest BCUT2D eigenvalue weighted by atomic mass is 16.5. The fourth-order valence-corrected chi connectivity index (χ4v) is 3.08. The van der Waals surface area contributed by atoms with Crippen molar-refractivity contribution < 1.29 is 14.4 Å². The van der Waals surface area contributed by atoms with Crippen LogP contribution in [0.1, 0.15) is 11.4 Å². The van der Waals surface area contributed by atoms with Gasteiger partial charge in [-0.1, -0.05) is 30.3 Å². The number of rotatable bonds is 8. The normalized spacial score (nSPS) is 12.1. The number of benzene rings is 2. The van der Waals surface area contributed by atoms with Crippen molar-refractivity contribution in [3.05, 3.63) is 70.3 Å². The number of H-pyrrole nitrogens is 1. The standard InChI is InChI=1S/C21H24N4O3/c1-15-7-3-5-9-17(15)23-20(26)14-25(11-12-28-2)13-19-22-18-10-6-4-8-16(18)21(27)24-19/h3-10H,11-14H2,1-2H3,(H,23,26)(H,22,24,27)/p+1. The third-order valence-corrected chi connectivity index (χ3v) is 4.57. The molecule has 7 heteroatoms. The fraction of sp³-hybridized carbons (Fsp3) is 0.286. The number of nitrogens with one attached hydrogen (secondary N) is 3. The van der Waals surface area contributed by atoms with Crippen LogP contribution in [-0.2, 0) is 16.1 Å². The van der Waals surface area contributed by atoms with Gasteiger partial charge in [-0.25, -0.2) is 4.98 Å². The zero-order valence-corrected chi connectivity index (χ0v) is 16.1. The van der Waals surface area contributed by atoms with E-state index >= 15 is 0 Å². The average Bonchev–Trinajstić information content (AvgIpc) is 2.68. The molecule has 0 saturated heterocycles. The van der Waals surface area contributed by atoms with Gasteiger partial charge in [0.15, 0.2) is 12.4 Å². The van der Waals surface area contributed by atoms with Crippen molar-refractivity contribution in [2.24, 2.45) is 0 Å². The minimum absolute atomic E-state index is 0.0939. The van der Waals surface area contributed by atoms with E-state index in [1.54, 1.807) is 13.2 Å². The second-order valence-electron chi connectivity index (χ2n) is 6.74. The van der Waals surface area contributed by atoms with Crippen LogP contribution in [0.15, 0.2) is 53.3 Å². The molecule has 1 aromatic heterocycles. The lowest BCUT2D eigenvalue weighted by Gasteiger charge is -2.19. The number of fused-ring (bicyclic) bond motifs is 1. The van der Waals surface area contributed by atoms with Gasteiger partial charge >= 0.3 is 0 Å². The number of para-hydroxylation sites is 2. The Kier molecular flexibility index (Phi) is 6.52. The maximum Gasteiger partial charge on any atom is 0.279 e. The third-order valence-electron chi connectivity index (χ3n) is 4.57. The van der Waals surface area contributed by atoms with Gasteiger partial charge in [0.05, 0.1) is 17.5 Å². The van der Waals surface area contributed by atoms with Crippen LogP contribution in [0.4, 0.5) is 5.69 Å². The molecule has 3 N–H and O–H groups in total. The number of carbonyl (C=O) groups is 1. The van der Waals surface area contributed by atoms with E-state index in [-0.39, 0.29) is 18.0 Å². The summed E-state index contributed by atoms with van der Waals surface area (Å²) in [6, 6.07) is 14.9. The molecule has 1 unspecified atom stereocenters. The largest absolute Gasteiger partial charge is 0.379 e. The molecular formula is C21H25N4O3+. The average molecular weight is 381 g/mol. The molecule has 1 heterocycles. The van der Waals surface area contributed by atoms with Crippen molar-refractivity contribution in [2.45, 2.75) is 13.5 Å². The Bertz CT molecular complexity index is 1020. The number of quaternary nitrogens is 1. The monoisotopic (exact) mass is 381 g/mol. The minimum atomic E-state index is -0.170. The summed E-state index contributed by atoms with van der Waals surface area (Å²) in [7, 11) is 1.63. The maximum absolute atomic E-state index is 12.5. The molecule has 7 nitrogen and oxygen atoms in total. The van der Waals surface area contributed by atoms with E-state index < -0.39 is 0 Å². The molecule has 1 amide bonds. The Hall–Kier alpha value is -3.03. The number of methoxy groups -OCH3 is 1. The molecule has 0 saturated carbocycles. The Morgan fingerprint density at radius 3 is 2.71 bits per heavy atom. The first-order chi connectivity index (χ1) is 13.6. The Labute approximate surface area is 163 Å². The number of anilines is 1. The quantitative estimate of drug-likeness (QED) is 0.541. The van der Waals surface area contributed by atoms with Gasteiger partial charge in [0.2, 0.25) is 0 Å². The van der Waals surface area contributed by atoms with E-state index in [9.17, 15) is 9.59 Å². The van der Waals surface area contributed by atoms with Crippen LogP contribution in [0.2, 0.25) is 0 Å². The molecule has 0 bridgehead atoms. The molecule has 2 aromatic carbocycles. The van der Waals surface area contributed by atoms with Crippen molar-refractivity contribution in [3.63, 3.8) is 0 Å². The number of nitrogens with zero attached hydrogens (tertiary/aromatic N) is 1. The summed E-state index contributed by atoms with van der Waals surface area (Å²) in [4.78, 5) is 33.1. The summed E-state index contributed by atoms with van der Waals surface area (Å²) in [5.41, 5.74) is 2.29. The van der Waals surface area contributed by atoms with Gasteiger partial charge in [-0.05, 0) is 30.7 Å². The molecule has 3 rings (SSSR count). The number of ether oxygens (including phenoxy) is 1. The lowest BCUT2D eigenvalue weighted by Crippen LogP contribution is -3.12. The first-order valence-electron chi connectivity index (χ1n) is 9.22. The van der Waals surface area contributed by atoms with Crippen LogP contribution >= 0.6 is 0 Å². The predicted molar refractivity (Wildman–Crippen MR) is 108 cm³/mol. The fourth-order valence-electron chi connectivity index (χ4n) is 3.08. The number of carbonyl (C=O) groups excluding carboxylic acids is 1. The van der Waals surface area contributed by atoms with Gasteiger partial charge < -0.3 is 19.9 Å². The molecule has 0 aliphatic rings. The lowest BCUT2D eigenvalue weighted by atomic mass is 10.2. The second kappa shape index (κ2) is 9.25. The molecular weight excluding hydrogens is 356 g/mol. The smallest absolute Gasteiger partial charge is 0.279 e. The first kappa shape index (κ1) is 19.7. The molecule has 0 aliphatic carbocycles. The topological polar surface area (TPSA) is 88.5 Å². The van der Waals surface area contributed by atoms with Crippen molar-refractivity contribution >= 4 is 22.5 Å². The zero-order valence-electron chi connectivity index (χ0n) is 16.1. The minimum Gasteiger partial charge on any atom is -0.379 e. The van der Waals surface area contributed by atoms with Crippen LogP contribution in [-0.4, -0.2) is 42.7 Å². The van der Waals surface area contributed by atoms with Gasteiger partial charge in [0.1, 0.15) is 13.1 Å². The summed E-state index contributed by atoms with van der Waals surface area (Å²) in [6.45, 7) is 3.74. The van der Waals surface area contributed by atoms with Crippen molar-refractivity contribution in [1.82, 2.24) is 9.97 Å². The molecule has 0 aliphatic heterocycles.